The number of alkyl halides is 3. The predicted octanol–water partition coefficient (Wildman–Crippen LogP) is 1.15. The molecular weight excluding hydrogens is 238 g/mol. The van der Waals surface area contributed by atoms with Gasteiger partial charge in [-0.05, 0) is 6.92 Å². The molecule has 0 unspecified atom stereocenters. The monoisotopic (exact) mass is 244 g/mol. The number of ether oxygens (including phenoxy) is 1. The van der Waals surface area contributed by atoms with Gasteiger partial charge in [-0.25, -0.2) is 8.78 Å². The maximum Gasteiger partial charge on any atom is 0.327 e. The van der Waals surface area contributed by atoms with Gasteiger partial charge in [0.2, 0.25) is 5.78 Å². The number of hydrogen-bond acceptors (Lipinski definition) is 3. The van der Waals surface area contributed by atoms with E-state index >= 15 is 0 Å². The summed E-state index contributed by atoms with van der Waals surface area (Å²) in [5.41, 5.74) is 0. The van der Waals surface area contributed by atoms with Crippen molar-refractivity contribution in [1.29, 1.82) is 0 Å². The molecule has 0 spiro atoms. The first-order valence-corrected chi connectivity index (χ1v) is 4.04. The normalized spacial score (nSPS) is 12.8. The quantitative estimate of drug-likeness (QED) is 0.424. The lowest BCUT2D eigenvalue weighted by Crippen LogP contribution is -2.30. The summed E-state index contributed by atoms with van der Waals surface area (Å²) < 4.78 is 27.7. The van der Waals surface area contributed by atoms with Gasteiger partial charge in [0.25, 0.3) is 6.43 Å². The molecule has 0 aliphatic rings. The zero-order valence-corrected chi connectivity index (χ0v) is 7.81. The van der Waals surface area contributed by atoms with E-state index in [1.165, 1.54) is 6.92 Å². The molecule has 0 amide bonds. The van der Waals surface area contributed by atoms with E-state index in [-0.39, 0.29) is 6.61 Å². The van der Waals surface area contributed by atoms with Crippen LogP contribution in [-0.4, -0.2) is 29.6 Å². The Morgan fingerprint density at radius 2 is 2.00 bits per heavy atom. The van der Waals surface area contributed by atoms with Crippen LogP contribution in [0.1, 0.15) is 6.92 Å². The molecule has 0 saturated heterocycles. The first-order valence-electron chi connectivity index (χ1n) is 3.13. The van der Waals surface area contributed by atoms with E-state index in [2.05, 4.69) is 20.7 Å². The number of ketones is 1. The van der Waals surface area contributed by atoms with Crippen molar-refractivity contribution in [1.82, 2.24) is 0 Å². The van der Waals surface area contributed by atoms with Crippen LogP contribution in [0, 0.1) is 0 Å². The van der Waals surface area contributed by atoms with Gasteiger partial charge in [0.05, 0.1) is 6.61 Å². The molecule has 0 N–H and O–H groups in total. The molecule has 3 nitrogen and oxygen atoms in total. The summed E-state index contributed by atoms with van der Waals surface area (Å²) in [5.74, 6) is -2.46. The third-order valence-electron chi connectivity index (χ3n) is 0.958. The van der Waals surface area contributed by atoms with Gasteiger partial charge in [0.1, 0.15) is 0 Å². The molecule has 0 aromatic heterocycles. The van der Waals surface area contributed by atoms with Gasteiger partial charge in [-0.15, -0.1) is 0 Å². The van der Waals surface area contributed by atoms with Crippen LogP contribution >= 0.6 is 15.9 Å². The molecule has 0 aliphatic heterocycles. The summed E-state index contributed by atoms with van der Waals surface area (Å²) in [4.78, 5) is 19.6. The number of Topliss-reactive ketones (excluding diaryl/α,β-unsaturated/α-hetero) is 1. The first-order chi connectivity index (χ1) is 5.50. The first kappa shape index (κ1) is 11.5. The Balaban J connectivity index is 4.10. The zero-order valence-electron chi connectivity index (χ0n) is 6.22. The molecule has 0 aromatic rings. The highest BCUT2D eigenvalue weighted by molar-refractivity contribution is 9.10. The second-order valence-electron chi connectivity index (χ2n) is 1.82. The Bertz CT molecular complexity index is 184. The van der Waals surface area contributed by atoms with Crippen molar-refractivity contribution in [3.05, 3.63) is 0 Å². The molecule has 0 bridgehead atoms. The molecule has 6 heteroatoms. The second-order valence-corrected chi connectivity index (χ2v) is 2.73. The molecule has 0 heterocycles. The van der Waals surface area contributed by atoms with E-state index in [1.54, 1.807) is 0 Å². The van der Waals surface area contributed by atoms with E-state index in [0.717, 1.165) is 0 Å². The Labute approximate surface area is 76.2 Å². The average Bonchev–Trinajstić information content (AvgIpc) is 2.02. The molecule has 0 rings (SSSR count). The molecule has 12 heavy (non-hydrogen) atoms. The minimum absolute atomic E-state index is 0.0530. The number of carbonyl (C=O) groups is 2. The van der Waals surface area contributed by atoms with Crippen molar-refractivity contribution < 1.29 is 23.1 Å². The van der Waals surface area contributed by atoms with E-state index in [4.69, 9.17) is 0 Å². The lowest BCUT2D eigenvalue weighted by atomic mass is 10.3. The Morgan fingerprint density at radius 1 is 1.50 bits per heavy atom. The van der Waals surface area contributed by atoms with Crippen LogP contribution in [0.25, 0.3) is 0 Å². The van der Waals surface area contributed by atoms with Crippen LogP contribution in [0.3, 0.4) is 0 Å². The van der Waals surface area contributed by atoms with E-state index in [9.17, 15) is 18.4 Å². The summed E-state index contributed by atoms with van der Waals surface area (Å²) in [6, 6.07) is 0. The molecule has 0 saturated carbocycles. The number of esters is 1. The van der Waals surface area contributed by atoms with Gasteiger partial charge < -0.3 is 4.74 Å². The predicted molar refractivity (Wildman–Crippen MR) is 40.4 cm³/mol. The summed E-state index contributed by atoms with van der Waals surface area (Å²) in [5, 5.41) is 0. The smallest absolute Gasteiger partial charge is 0.327 e. The molecular formula is C6H7BrF2O3. The van der Waals surface area contributed by atoms with Crippen molar-refractivity contribution in [3.8, 4) is 0 Å². The van der Waals surface area contributed by atoms with Crippen LogP contribution in [-0.2, 0) is 14.3 Å². The maximum atomic E-state index is 11.7. The third-order valence-corrected chi connectivity index (χ3v) is 1.78. The molecule has 70 valence electrons. The van der Waals surface area contributed by atoms with E-state index in [1.807, 2.05) is 0 Å². The lowest BCUT2D eigenvalue weighted by Gasteiger charge is -2.06. The van der Waals surface area contributed by atoms with Crippen molar-refractivity contribution in [2.24, 2.45) is 0 Å². The number of hydrogen-bond donors (Lipinski definition) is 0. The van der Waals surface area contributed by atoms with Crippen molar-refractivity contribution in [3.63, 3.8) is 0 Å². The van der Waals surface area contributed by atoms with Crippen LogP contribution in [0.15, 0.2) is 0 Å². The molecule has 0 aromatic carbocycles. The Morgan fingerprint density at radius 3 is 2.33 bits per heavy atom. The molecule has 0 aliphatic carbocycles. The summed E-state index contributed by atoms with van der Waals surface area (Å²) in [6.07, 6.45) is -3.15. The fraction of sp³-hybridized carbons (Fsp3) is 0.667. The minimum Gasteiger partial charge on any atom is -0.465 e. The maximum absolute atomic E-state index is 11.7. The third kappa shape index (κ3) is 3.25. The number of carbonyl (C=O) groups excluding carboxylic acids is 2. The standard InChI is InChI=1S/C6H7BrF2O3/c1-2-12-6(11)3(7)4(10)5(8)9/h3,5H,2H2,1H3/t3-/m1/s1. The highest BCUT2D eigenvalue weighted by Gasteiger charge is 2.31. The average molecular weight is 245 g/mol. The van der Waals surface area contributed by atoms with Crippen molar-refractivity contribution in [2.45, 2.75) is 18.2 Å². The SMILES string of the molecule is CCOC(=O)[C@H](Br)C(=O)C(F)F. The van der Waals surface area contributed by atoms with Gasteiger partial charge in [-0.3, -0.25) is 9.59 Å². The Hall–Kier alpha value is -0.520. The zero-order chi connectivity index (χ0) is 9.72. The van der Waals surface area contributed by atoms with Crippen LogP contribution in [0.4, 0.5) is 8.78 Å². The van der Waals surface area contributed by atoms with E-state index < -0.39 is 23.0 Å². The van der Waals surface area contributed by atoms with Crippen LogP contribution in [0.2, 0.25) is 0 Å². The van der Waals surface area contributed by atoms with Gasteiger partial charge in [0, 0.05) is 0 Å². The van der Waals surface area contributed by atoms with Gasteiger partial charge in [-0.2, -0.15) is 0 Å². The van der Waals surface area contributed by atoms with E-state index in [0.29, 0.717) is 0 Å². The van der Waals surface area contributed by atoms with Crippen LogP contribution < -0.4 is 0 Å². The molecule has 0 fully saturated rings. The fourth-order valence-corrected chi connectivity index (χ4v) is 0.774. The largest absolute Gasteiger partial charge is 0.465 e. The van der Waals surface area contributed by atoms with Crippen molar-refractivity contribution >= 4 is 27.7 Å². The van der Waals surface area contributed by atoms with Crippen LogP contribution in [0.5, 0.6) is 0 Å². The fourth-order valence-electron chi connectivity index (χ4n) is 0.442. The summed E-state index contributed by atoms with van der Waals surface area (Å²) >= 11 is 2.51. The number of rotatable bonds is 4. The second kappa shape index (κ2) is 5.18. The number of halogens is 3. The highest BCUT2D eigenvalue weighted by atomic mass is 79.9. The lowest BCUT2D eigenvalue weighted by molar-refractivity contribution is -0.146. The summed E-state index contributed by atoms with van der Waals surface area (Å²) in [6.45, 7) is 1.57. The Kier molecular flexibility index (Phi) is 4.96. The van der Waals surface area contributed by atoms with Gasteiger partial charge in [0.15, 0.2) is 4.83 Å². The summed E-state index contributed by atoms with van der Waals surface area (Å²) in [7, 11) is 0. The van der Waals surface area contributed by atoms with Gasteiger partial charge in [-0.1, -0.05) is 15.9 Å². The van der Waals surface area contributed by atoms with Gasteiger partial charge >= 0.3 is 5.97 Å². The van der Waals surface area contributed by atoms with Crippen molar-refractivity contribution in [2.75, 3.05) is 6.61 Å². The topological polar surface area (TPSA) is 43.4 Å². The highest BCUT2D eigenvalue weighted by Crippen LogP contribution is 2.09. The minimum atomic E-state index is -3.15. The molecule has 0 radical (unpaired) electrons. The molecule has 1 atom stereocenters.